The first-order valence-corrected chi connectivity index (χ1v) is 9.36. The molecule has 1 atom stereocenters. The molecule has 0 radical (unpaired) electrons. The number of thiophene rings is 1. The van der Waals surface area contributed by atoms with Gasteiger partial charge in [-0.2, -0.15) is 0 Å². The van der Waals surface area contributed by atoms with Crippen LogP contribution in [0.2, 0.25) is 0 Å². The maximum Gasteiger partial charge on any atom is 0.251 e. The molecule has 0 aliphatic carbocycles. The monoisotopic (exact) mass is 386 g/mol. The van der Waals surface area contributed by atoms with Crippen molar-refractivity contribution in [2.45, 2.75) is 19.4 Å². The number of allylic oxidation sites excluding steroid dienone is 1. The molecular formula is C19H18N2O3S2. The third-order valence-corrected chi connectivity index (χ3v) is 5.13. The van der Waals surface area contributed by atoms with Gasteiger partial charge in [-0.3, -0.25) is 9.59 Å². The lowest BCUT2D eigenvalue weighted by Crippen LogP contribution is -2.30. The van der Waals surface area contributed by atoms with Crippen LogP contribution in [-0.4, -0.2) is 34.4 Å². The molecule has 2 heterocycles. The van der Waals surface area contributed by atoms with Crippen molar-refractivity contribution >= 4 is 46.3 Å². The molecule has 0 spiro atoms. The fourth-order valence-electron chi connectivity index (χ4n) is 2.48. The van der Waals surface area contributed by atoms with Gasteiger partial charge in [0.2, 0.25) is 0 Å². The van der Waals surface area contributed by atoms with Gasteiger partial charge in [-0.15, -0.1) is 11.3 Å². The molecule has 134 valence electrons. The quantitative estimate of drug-likeness (QED) is 0.544. The van der Waals surface area contributed by atoms with E-state index in [1.807, 2.05) is 30.3 Å². The third kappa shape index (κ3) is 4.43. The molecule has 1 saturated heterocycles. The van der Waals surface area contributed by atoms with Crippen LogP contribution in [0.15, 0.2) is 42.1 Å². The molecule has 2 aromatic rings. The number of hydrogen-bond acceptors (Lipinski definition) is 5. The molecule has 1 fully saturated rings. The van der Waals surface area contributed by atoms with E-state index in [0.29, 0.717) is 16.2 Å². The van der Waals surface area contributed by atoms with E-state index in [1.165, 1.54) is 0 Å². The van der Waals surface area contributed by atoms with Crippen LogP contribution in [0.4, 0.5) is 0 Å². The maximum atomic E-state index is 12.0. The predicted octanol–water partition coefficient (Wildman–Crippen LogP) is 2.76. The van der Waals surface area contributed by atoms with Gasteiger partial charge in [-0.25, -0.2) is 0 Å². The number of Topliss-reactive ketones (excluding diaryl/α,β-unsaturated/α-hetero) is 1. The van der Waals surface area contributed by atoms with Crippen LogP contribution in [0.25, 0.3) is 16.5 Å². The van der Waals surface area contributed by atoms with Gasteiger partial charge in [0, 0.05) is 21.9 Å². The Hall–Kier alpha value is -2.35. The van der Waals surface area contributed by atoms with E-state index >= 15 is 0 Å². The zero-order chi connectivity index (χ0) is 18.7. The van der Waals surface area contributed by atoms with Crippen LogP contribution in [0.5, 0.6) is 0 Å². The molecule has 1 aliphatic heterocycles. The Morgan fingerprint density at radius 3 is 2.69 bits per heavy atom. The van der Waals surface area contributed by atoms with Gasteiger partial charge in [0.05, 0.1) is 23.2 Å². The number of thiocarbonyl (C=S) groups is 1. The molecule has 1 aliphatic rings. The lowest BCUT2D eigenvalue weighted by molar-refractivity contribution is -0.114. The van der Waals surface area contributed by atoms with Crippen LogP contribution in [0.1, 0.15) is 28.6 Å². The number of rotatable bonds is 5. The average molecular weight is 386 g/mol. The van der Waals surface area contributed by atoms with E-state index < -0.39 is 6.10 Å². The van der Waals surface area contributed by atoms with Crippen LogP contribution in [-0.2, 0) is 4.79 Å². The summed E-state index contributed by atoms with van der Waals surface area (Å²) in [4.78, 5) is 26.3. The number of ketones is 1. The number of hydrogen-bond donors (Lipinski definition) is 3. The Morgan fingerprint density at radius 1 is 1.35 bits per heavy atom. The minimum Gasteiger partial charge on any atom is -0.392 e. The van der Waals surface area contributed by atoms with E-state index in [-0.39, 0.29) is 24.7 Å². The van der Waals surface area contributed by atoms with Crippen LogP contribution < -0.4 is 10.6 Å². The van der Waals surface area contributed by atoms with Gasteiger partial charge in [0.1, 0.15) is 0 Å². The molecule has 7 heteroatoms. The standard InChI is InChI=1S/C19H18N2O3S2/c1-11(22)10-20-19(24)13-4-2-12(3-5-13)17-7-6-14(26-17)8-15-16(23)9-18(25)21-15/h2-8,11,22H,9-10H2,1H3,(H,20,24)(H,21,25)/b15-8+. The second-order valence-electron chi connectivity index (χ2n) is 6.04. The fourth-order valence-corrected chi connectivity index (χ4v) is 3.68. The maximum absolute atomic E-state index is 12.0. The SMILES string of the molecule is CC(O)CNC(=O)c1ccc(-c2ccc(/C=C3/NC(=S)CC3=O)s2)cc1. The highest BCUT2D eigenvalue weighted by Gasteiger charge is 2.21. The lowest BCUT2D eigenvalue weighted by Gasteiger charge is -2.07. The topological polar surface area (TPSA) is 78.4 Å². The molecule has 1 aromatic heterocycles. The summed E-state index contributed by atoms with van der Waals surface area (Å²) < 4.78 is 0. The number of aliphatic hydroxyl groups excluding tert-OH is 1. The Morgan fingerprint density at radius 2 is 2.08 bits per heavy atom. The number of nitrogens with one attached hydrogen (secondary N) is 2. The third-order valence-electron chi connectivity index (χ3n) is 3.80. The summed E-state index contributed by atoms with van der Waals surface area (Å²) >= 11 is 6.58. The second kappa shape index (κ2) is 7.90. The highest BCUT2D eigenvalue weighted by Crippen LogP contribution is 2.30. The van der Waals surface area contributed by atoms with Gasteiger partial charge in [0.25, 0.3) is 5.91 Å². The molecule has 1 unspecified atom stereocenters. The minimum atomic E-state index is -0.576. The van der Waals surface area contributed by atoms with E-state index in [2.05, 4.69) is 10.6 Å². The van der Waals surface area contributed by atoms with Crippen molar-refractivity contribution in [1.29, 1.82) is 0 Å². The first kappa shape index (κ1) is 18.4. The number of amides is 1. The minimum absolute atomic E-state index is 0.0116. The molecule has 0 saturated carbocycles. The summed E-state index contributed by atoms with van der Waals surface area (Å²) in [6, 6.07) is 11.2. The zero-order valence-electron chi connectivity index (χ0n) is 14.1. The van der Waals surface area contributed by atoms with Crippen molar-refractivity contribution in [2.75, 3.05) is 6.54 Å². The summed E-state index contributed by atoms with van der Waals surface area (Å²) in [5.74, 6) is -0.201. The molecule has 1 aromatic carbocycles. The summed E-state index contributed by atoms with van der Waals surface area (Å²) in [5.41, 5.74) is 2.07. The Labute approximate surface area is 160 Å². The predicted molar refractivity (Wildman–Crippen MR) is 107 cm³/mol. The normalized spacial score (nSPS) is 16.6. The van der Waals surface area contributed by atoms with Crippen LogP contribution >= 0.6 is 23.6 Å². The van der Waals surface area contributed by atoms with E-state index in [1.54, 1.807) is 30.4 Å². The Balaban J connectivity index is 1.71. The van der Waals surface area contributed by atoms with Crippen LogP contribution in [0.3, 0.4) is 0 Å². The van der Waals surface area contributed by atoms with Crippen molar-refractivity contribution in [3.63, 3.8) is 0 Å². The summed E-state index contributed by atoms with van der Waals surface area (Å²) in [5, 5.41) is 14.8. The van der Waals surface area contributed by atoms with E-state index in [9.17, 15) is 14.7 Å². The van der Waals surface area contributed by atoms with Crippen molar-refractivity contribution < 1.29 is 14.7 Å². The molecule has 1 amide bonds. The van der Waals surface area contributed by atoms with Crippen molar-refractivity contribution in [1.82, 2.24) is 10.6 Å². The number of aliphatic hydroxyl groups is 1. The van der Waals surface area contributed by atoms with E-state index in [4.69, 9.17) is 12.2 Å². The molecule has 3 N–H and O–H groups in total. The van der Waals surface area contributed by atoms with Gasteiger partial charge in [-0.05, 0) is 42.8 Å². The molecule has 5 nitrogen and oxygen atoms in total. The Bertz CT molecular complexity index is 882. The second-order valence-corrected chi connectivity index (χ2v) is 7.65. The average Bonchev–Trinajstić information content (AvgIpc) is 3.19. The van der Waals surface area contributed by atoms with E-state index in [0.717, 1.165) is 15.3 Å². The first-order chi connectivity index (χ1) is 12.4. The highest BCUT2D eigenvalue weighted by atomic mass is 32.1. The molecule has 26 heavy (non-hydrogen) atoms. The van der Waals surface area contributed by atoms with Gasteiger partial charge >= 0.3 is 0 Å². The van der Waals surface area contributed by atoms with Crippen molar-refractivity contribution in [3.8, 4) is 10.4 Å². The van der Waals surface area contributed by atoms with Gasteiger partial charge in [0.15, 0.2) is 5.78 Å². The molecule has 0 bridgehead atoms. The number of carbonyl (C=O) groups excluding carboxylic acids is 2. The number of benzene rings is 1. The molecule has 3 rings (SSSR count). The smallest absolute Gasteiger partial charge is 0.251 e. The zero-order valence-corrected chi connectivity index (χ0v) is 15.7. The summed E-state index contributed by atoms with van der Waals surface area (Å²) in [6.45, 7) is 1.84. The summed E-state index contributed by atoms with van der Waals surface area (Å²) in [6.07, 6.45) is 1.51. The lowest BCUT2D eigenvalue weighted by atomic mass is 10.1. The Kier molecular flexibility index (Phi) is 5.61. The van der Waals surface area contributed by atoms with Gasteiger partial charge in [-0.1, -0.05) is 24.4 Å². The van der Waals surface area contributed by atoms with Gasteiger partial charge < -0.3 is 15.7 Å². The number of carbonyl (C=O) groups is 2. The first-order valence-electron chi connectivity index (χ1n) is 8.13. The van der Waals surface area contributed by atoms with Crippen molar-refractivity contribution in [2.24, 2.45) is 0 Å². The largest absolute Gasteiger partial charge is 0.392 e. The van der Waals surface area contributed by atoms with Crippen molar-refractivity contribution in [3.05, 3.63) is 52.5 Å². The van der Waals surface area contributed by atoms with Crippen LogP contribution in [0, 0.1) is 0 Å². The fraction of sp³-hybridized carbons (Fsp3) is 0.211. The molecular weight excluding hydrogens is 368 g/mol. The summed E-state index contributed by atoms with van der Waals surface area (Å²) in [7, 11) is 0. The highest BCUT2D eigenvalue weighted by molar-refractivity contribution is 7.80.